The van der Waals surface area contributed by atoms with Gasteiger partial charge in [-0.1, -0.05) is 63.0 Å². The summed E-state index contributed by atoms with van der Waals surface area (Å²) in [7, 11) is 0. The van der Waals surface area contributed by atoms with Crippen LogP contribution in [0.4, 0.5) is 0 Å². The lowest BCUT2D eigenvalue weighted by atomic mass is 10.2. The van der Waals surface area contributed by atoms with Crippen LogP contribution in [0.2, 0.25) is 0 Å². The number of rotatable bonds is 3. The predicted molar refractivity (Wildman–Crippen MR) is 54.6 cm³/mol. The van der Waals surface area contributed by atoms with Crippen LogP contribution in [-0.4, -0.2) is 0 Å². The van der Waals surface area contributed by atoms with E-state index in [2.05, 4.69) is 13.2 Å². The van der Waals surface area contributed by atoms with Crippen LogP contribution in [0.1, 0.15) is 20.8 Å². The van der Waals surface area contributed by atoms with Crippen molar-refractivity contribution in [3.63, 3.8) is 0 Å². The van der Waals surface area contributed by atoms with Crippen LogP contribution in [0, 0.1) is 0 Å². The molecule has 0 fully saturated rings. The molecular formula is C11H18. The summed E-state index contributed by atoms with van der Waals surface area (Å²) in [5.41, 5.74) is 1.19. The van der Waals surface area contributed by atoms with Crippen LogP contribution in [0.25, 0.3) is 0 Å². The number of hydrogen-bond donors (Lipinski definition) is 0. The fraction of sp³-hybridized carbons (Fsp3) is 0.273. The van der Waals surface area contributed by atoms with Crippen molar-refractivity contribution in [2.24, 2.45) is 0 Å². The van der Waals surface area contributed by atoms with Crippen LogP contribution in [-0.2, 0) is 0 Å². The van der Waals surface area contributed by atoms with Crippen molar-refractivity contribution in [3.05, 3.63) is 49.1 Å². The van der Waals surface area contributed by atoms with E-state index in [0.717, 1.165) is 0 Å². The van der Waals surface area contributed by atoms with E-state index in [1.54, 1.807) is 12.2 Å². The third kappa shape index (κ3) is 12.2. The molecular weight excluding hydrogens is 132 g/mol. The summed E-state index contributed by atoms with van der Waals surface area (Å²) in [6.07, 6.45) is 9.34. The Hall–Kier alpha value is -1.04. The lowest BCUT2D eigenvalue weighted by Gasteiger charge is -1.83. The summed E-state index contributed by atoms with van der Waals surface area (Å²) in [6, 6.07) is 0. The average Bonchev–Trinajstić information content (AvgIpc) is 2.05. The van der Waals surface area contributed by atoms with Crippen LogP contribution in [0.15, 0.2) is 49.1 Å². The molecule has 0 bridgehead atoms. The van der Waals surface area contributed by atoms with E-state index in [-0.39, 0.29) is 0 Å². The molecule has 0 heterocycles. The quantitative estimate of drug-likeness (QED) is 0.535. The van der Waals surface area contributed by atoms with Gasteiger partial charge < -0.3 is 0 Å². The van der Waals surface area contributed by atoms with E-state index in [1.165, 1.54) is 5.57 Å². The van der Waals surface area contributed by atoms with Gasteiger partial charge in [-0.2, -0.15) is 0 Å². The zero-order valence-electron chi connectivity index (χ0n) is 7.80. The van der Waals surface area contributed by atoms with Crippen molar-refractivity contribution in [3.8, 4) is 0 Å². The Labute approximate surface area is 70.6 Å². The van der Waals surface area contributed by atoms with Gasteiger partial charge in [0.1, 0.15) is 0 Å². The van der Waals surface area contributed by atoms with E-state index < -0.39 is 0 Å². The summed E-state index contributed by atoms with van der Waals surface area (Å²) in [6.45, 7) is 13.1. The lowest BCUT2D eigenvalue weighted by Crippen LogP contribution is -1.62. The van der Waals surface area contributed by atoms with Crippen molar-refractivity contribution in [1.29, 1.82) is 0 Å². The molecule has 0 aromatic rings. The zero-order valence-corrected chi connectivity index (χ0v) is 7.80. The second kappa shape index (κ2) is 11.7. The maximum Gasteiger partial charge on any atom is -0.0398 e. The molecule has 0 aliphatic carbocycles. The summed E-state index contributed by atoms with van der Waals surface area (Å²) in [5, 5.41) is 0. The maximum atomic E-state index is 3.57. The average molecular weight is 150 g/mol. The molecule has 0 heteroatoms. The molecule has 0 N–H and O–H groups in total. The molecule has 0 aliphatic rings. The normalized spacial score (nSPS) is 10.3. The van der Waals surface area contributed by atoms with Gasteiger partial charge in [-0.05, 0) is 6.92 Å². The third-order valence-electron chi connectivity index (χ3n) is 0.876. The zero-order chi connectivity index (χ0) is 9.11. The molecule has 0 aromatic carbocycles. The standard InChI is InChI=1S/C9H12.C2H6/c1-4-6-8-9(3)7-5-2;1-2/h4-8H,1-2H2,3H3;1-2H3/b8-6-,9-7+;. The predicted octanol–water partition coefficient (Wildman–Crippen LogP) is 3.89. The van der Waals surface area contributed by atoms with E-state index >= 15 is 0 Å². The van der Waals surface area contributed by atoms with Crippen molar-refractivity contribution in [2.75, 3.05) is 0 Å². The first-order valence-corrected chi connectivity index (χ1v) is 3.89. The van der Waals surface area contributed by atoms with E-state index in [1.807, 2.05) is 39.0 Å². The topological polar surface area (TPSA) is 0 Å². The molecule has 0 unspecified atom stereocenters. The molecule has 0 atom stereocenters. The highest BCUT2D eigenvalue weighted by molar-refractivity contribution is 5.22. The largest absolute Gasteiger partial charge is 0.0991 e. The van der Waals surface area contributed by atoms with E-state index in [4.69, 9.17) is 0 Å². The summed E-state index contributed by atoms with van der Waals surface area (Å²) in [5.74, 6) is 0. The van der Waals surface area contributed by atoms with Gasteiger partial charge in [-0.3, -0.25) is 0 Å². The van der Waals surface area contributed by atoms with Crippen LogP contribution >= 0.6 is 0 Å². The molecule has 0 saturated heterocycles. The molecule has 0 spiro atoms. The highest BCUT2D eigenvalue weighted by Gasteiger charge is 1.72. The van der Waals surface area contributed by atoms with Gasteiger partial charge in [0, 0.05) is 0 Å². The van der Waals surface area contributed by atoms with Crippen molar-refractivity contribution < 1.29 is 0 Å². The fourth-order valence-corrected chi connectivity index (χ4v) is 0.461. The van der Waals surface area contributed by atoms with Gasteiger partial charge >= 0.3 is 0 Å². The van der Waals surface area contributed by atoms with Crippen molar-refractivity contribution >= 4 is 0 Å². The number of allylic oxidation sites excluding steroid dienone is 6. The summed E-state index contributed by atoms with van der Waals surface area (Å²) >= 11 is 0. The lowest BCUT2D eigenvalue weighted by molar-refractivity contribution is 1.50. The maximum absolute atomic E-state index is 3.57. The van der Waals surface area contributed by atoms with Crippen LogP contribution in [0.5, 0.6) is 0 Å². The van der Waals surface area contributed by atoms with E-state index in [9.17, 15) is 0 Å². The molecule has 11 heavy (non-hydrogen) atoms. The molecule has 0 aliphatic heterocycles. The minimum atomic E-state index is 1.19. The Balaban J connectivity index is 0. The van der Waals surface area contributed by atoms with Gasteiger partial charge in [0.15, 0.2) is 0 Å². The minimum absolute atomic E-state index is 1.19. The Morgan fingerprint density at radius 2 is 1.64 bits per heavy atom. The smallest absolute Gasteiger partial charge is 0.0398 e. The first kappa shape index (κ1) is 12.6. The van der Waals surface area contributed by atoms with Gasteiger partial charge in [-0.25, -0.2) is 0 Å². The van der Waals surface area contributed by atoms with Gasteiger partial charge in [-0.15, -0.1) is 0 Å². The molecule has 0 amide bonds. The van der Waals surface area contributed by atoms with E-state index in [0.29, 0.717) is 0 Å². The second-order valence-corrected chi connectivity index (χ2v) is 1.74. The molecule has 0 radical (unpaired) electrons. The summed E-state index contributed by atoms with van der Waals surface area (Å²) in [4.78, 5) is 0. The minimum Gasteiger partial charge on any atom is -0.0991 e. The highest BCUT2D eigenvalue weighted by Crippen LogP contribution is 1.93. The summed E-state index contributed by atoms with van der Waals surface area (Å²) < 4.78 is 0. The molecule has 0 rings (SSSR count). The molecule has 0 aromatic heterocycles. The SMILES string of the molecule is C=C/C=C\C(C)=C\C=C.CC. The molecule has 0 nitrogen and oxygen atoms in total. The molecule has 62 valence electrons. The Morgan fingerprint density at radius 1 is 1.09 bits per heavy atom. The van der Waals surface area contributed by atoms with Gasteiger partial charge in [0.25, 0.3) is 0 Å². The first-order chi connectivity index (χ1) is 5.31. The Bertz CT molecular complexity index is 147. The van der Waals surface area contributed by atoms with Crippen molar-refractivity contribution in [1.82, 2.24) is 0 Å². The Kier molecular flexibility index (Phi) is 13.4. The second-order valence-electron chi connectivity index (χ2n) is 1.74. The van der Waals surface area contributed by atoms with Gasteiger partial charge in [0.05, 0.1) is 0 Å². The highest BCUT2D eigenvalue weighted by atomic mass is 13.8. The van der Waals surface area contributed by atoms with Crippen molar-refractivity contribution in [2.45, 2.75) is 20.8 Å². The Morgan fingerprint density at radius 3 is 2.00 bits per heavy atom. The fourth-order valence-electron chi connectivity index (χ4n) is 0.461. The number of hydrogen-bond acceptors (Lipinski definition) is 0. The first-order valence-electron chi connectivity index (χ1n) is 3.89. The molecule has 0 saturated carbocycles. The third-order valence-corrected chi connectivity index (χ3v) is 0.876. The monoisotopic (exact) mass is 150 g/mol. The van der Waals surface area contributed by atoms with Crippen LogP contribution in [0.3, 0.4) is 0 Å². The van der Waals surface area contributed by atoms with Crippen LogP contribution < -0.4 is 0 Å². The van der Waals surface area contributed by atoms with Gasteiger partial charge in [0.2, 0.25) is 0 Å².